The number of nitrogens with one attached hydrogen (secondary N) is 1. The molecule has 0 aliphatic heterocycles. The summed E-state index contributed by atoms with van der Waals surface area (Å²) in [6.45, 7) is 8.62. The third-order valence-corrected chi connectivity index (χ3v) is 3.38. The Bertz CT molecular complexity index is 685. The summed E-state index contributed by atoms with van der Waals surface area (Å²) in [5.74, 6) is -0.349. The molecule has 22 heavy (non-hydrogen) atoms. The Labute approximate surface area is 130 Å². The van der Waals surface area contributed by atoms with Crippen molar-refractivity contribution in [2.24, 2.45) is 0 Å². The summed E-state index contributed by atoms with van der Waals surface area (Å²) in [5.41, 5.74) is 2.42. The molecular formula is C17H22FN3O. The molecule has 0 radical (unpaired) electrons. The first-order valence-electron chi connectivity index (χ1n) is 7.52. The number of aryl methyl sites for hydroxylation is 1. The van der Waals surface area contributed by atoms with Gasteiger partial charge in [0.15, 0.2) is 0 Å². The van der Waals surface area contributed by atoms with Gasteiger partial charge in [0.05, 0.1) is 12.1 Å². The summed E-state index contributed by atoms with van der Waals surface area (Å²) in [6.07, 6.45) is 0. The lowest BCUT2D eigenvalue weighted by molar-refractivity contribution is -0.120. The number of hydrogen-bond acceptors (Lipinski definition) is 3. The molecule has 1 N–H and O–H groups in total. The van der Waals surface area contributed by atoms with Crippen molar-refractivity contribution in [3.8, 4) is 0 Å². The number of nitrogens with zero attached hydrogens (tertiary/aromatic N) is 2. The number of amides is 1. The average molecular weight is 303 g/mol. The van der Waals surface area contributed by atoms with Crippen LogP contribution in [0, 0.1) is 12.7 Å². The second-order valence-electron chi connectivity index (χ2n) is 5.68. The number of halogens is 1. The zero-order valence-electron chi connectivity index (χ0n) is 13.5. The number of aromatic nitrogens is 1. The van der Waals surface area contributed by atoms with Crippen LogP contribution in [0.3, 0.4) is 0 Å². The molecule has 0 unspecified atom stereocenters. The van der Waals surface area contributed by atoms with Gasteiger partial charge < -0.3 is 10.2 Å². The van der Waals surface area contributed by atoms with E-state index in [0.29, 0.717) is 6.54 Å². The predicted octanol–water partition coefficient (Wildman–Crippen LogP) is 3.03. The van der Waals surface area contributed by atoms with Crippen LogP contribution in [0.5, 0.6) is 0 Å². The largest absolute Gasteiger partial charge is 0.362 e. The van der Waals surface area contributed by atoms with Crippen molar-refractivity contribution in [1.82, 2.24) is 10.3 Å². The number of rotatable bonds is 5. The maximum Gasteiger partial charge on any atom is 0.239 e. The van der Waals surface area contributed by atoms with Crippen LogP contribution in [0.4, 0.5) is 10.1 Å². The summed E-state index contributed by atoms with van der Waals surface area (Å²) in [6, 6.07) is 6.54. The molecule has 0 saturated carbocycles. The monoisotopic (exact) mass is 303 g/mol. The van der Waals surface area contributed by atoms with Crippen LogP contribution in [-0.2, 0) is 4.79 Å². The van der Waals surface area contributed by atoms with E-state index in [9.17, 15) is 9.18 Å². The van der Waals surface area contributed by atoms with Crippen LogP contribution in [0.25, 0.3) is 10.9 Å². The van der Waals surface area contributed by atoms with Crippen LogP contribution >= 0.6 is 0 Å². The molecular weight excluding hydrogens is 281 g/mol. The van der Waals surface area contributed by atoms with E-state index < -0.39 is 0 Å². The molecule has 118 valence electrons. The number of carbonyl (C=O) groups is 1. The van der Waals surface area contributed by atoms with E-state index in [1.165, 1.54) is 12.1 Å². The van der Waals surface area contributed by atoms with Gasteiger partial charge in [-0.2, -0.15) is 0 Å². The van der Waals surface area contributed by atoms with Crippen molar-refractivity contribution >= 4 is 22.5 Å². The van der Waals surface area contributed by atoms with Gasteiger partial charge in [0.1, 0.15) is 5.82 Å². The fraction of sp³-hybridized carbons (Fsp3) is 0.412. The number of benzene rings is 1. The molecule has 0 bridgehead atoms. The quantitative estimate of drug-likeness (QED) is 0.923. The number of likely N-dealkylation sites (N-methyl/N-ethyl adjacent to an activating group) is 1. The van der Waals surface area contributed by atoms with Gasteiger partial charge in [0, 0.05) is 29.4 Å². The number of anilines is 1. The van der Waals surface area contributed by atoms with Gasteiger partial charge >= 0.3 is 0 Å². The van der Waals surface area contributed by atoms with Crippen molar-refractivity contribution in [1.29, 1.82) is 0 Å². The third-order valence-electron chi connectivity index (χ3n) is 3.38. The highest BCUT2D eigenvalue weighted by atomic mass is 19.1. The highest BCUT2D eigenvalue weighted by Gasteiger charge is 2.15. The van der Waals surface area contributed by atoms with Crippen LogP contribution < -0.4 is 10.2 Å². The minimum Gasteiger partial charge on any atom is -0.362 e. The highest BCUT2D eigenvalue weighted by molar-refractivity contribution is 5.94. The normalized spacial score (nSPS) is 11.0. The Morgan fingerprint density at radius 1 is 1.36 bits per heavy atom. The van der Waals surface area contributed by atoms with Crippen LogP contribution in [0.1, 0.15) is 26.5 Å². The summed E-state index contributed by atoms with van der Waals surface area (Å²) >= 11 is 0. The Kier molecular flexibility index (Phi) is 4.96. The second-order valence-corrected chi connectivity index (χ2v) is 5.68. The number of hydrogen-bond donors (Lipinski definition) is 1. The molecule has 0 atom stereocenters. The van der Waals surface area contributed by atoms with E-state index in [1.54, 1.807) is 6.07 Å². The number of carbonyl (C=O) groups excluding carboxylic acids is 1. The minimum absolute atomic E-state index is 0.0455. The molecule has 1 heterocycles. The van der Waals surface area contributed by atoms with Crippen LogP contribution in [-0.4, -0.2) is 30.0 Å². The second kappa shape index (κ2) is 6.73. The lowest BCUT2D eigenvalue weighted by atomic mass is 10.1. The molecule has 0 saturated heterocycles. The molecule has 1 aromatic heterocycles. The van der Waals surface area contributed by atoms with E-state index >= 15 is 0 Å². The fourth-order valence-corrected chi connectivity index (χ4v) is 2.48. The average Bonchev–Trinajstić information content (AvgIpc) is 2.43. The maximum absolute atomic E-state index is 13.6. The molecule has 1 amide bonds. The molecule has 5 heteroatoms. The van der Waals surface area contributed by atoms with Gasteiger partial charge in [-0.1, -0.05) is 0 Å². The van der Waals surface area contributed by atoms with E-state index in [-0.39, 0.29) is 24.3 Å². The van der Waals surface area contributed by atoms with E-state index in [2.05, 4.69) is 10.3 Å². The van der Waals surface area contributed by atoms with Gasteiger partial charge in [0.25, 0.3) is 0 Å². The van der Waals surface area contributed by atoms with Crippen molar-refractivity contribution in [3.05, 3.63) is 35.8 Å². The molecule has 2 rings (SSSR count). The van der Waals surface area contributed by atoms with Gasteiger partial charge in [-0.25, -0.2) is 4.39 Å². The van der Waals surface area contributed by atoms with Crippen LogP contribution in [0.15, 0.2) is 24.3 Å². The van der Waals surface area contributed by atoms with Crippen molar-refractivity contribution in [3.63, 3.8) is 0 Å². The molecule has 1 aromatic carbocycles. The van der Waals surface area contributed by atoms with Crippen LogP contribution in [0.2, 0.25) is 0 Å². The summed E-state index contributed by atoms with van der Waals surface area (Å²) in [4.78, 5) is 18.4. The minimum atomic E-state index is -0.304. The zero-order valence-corrected chi connectivity index (χ0v) is 13.5. The first-order valence-corrected chi connectivity index (χ1v) is 7.52. The molecule has 0 aliphatic carbocycles. The van der Waals surface area contributed by atoms with Gasteiger partial charge in [-0.3, -0.25) is 9.78 Å². The maximum atomic E-state index is 13.6. The predicted molar refractivity (Wildman–Crippen MR) is 87.6 cm³/mol. The van der Waals surface area contributed by atoms with Crippen molar-refractivity contribution in [2.45, 2.75) is 33.7 Å². The van der Waals surface area contributed by atoms with Crippen molar-refractivity contribution in [2.75, 3.05) is 18.0 Å². The Hall–Kier alpha value is -2.17. The van der Waals surface area contributed by atoms with Crippen molar-refractivity contribution < 1.29 is 9.18 Å². The molecule has 2 aromatic rings. The molecule has 0 spiro atoms. The summed E-state index contributed by atoms with van der Waals surface area (Å²) in [5, 5.41) is 3.61. The Morgan fingerprint density at radius 3 is 2.73 bits per heavy atom. The summed E-state index contributed by atoms with van der Waals surface area (Å²) < 4.78 is 13.6. The first-order chi connectivity index (χ1) is 10.4. The van der Waals surface area contributed by atoms with E-state index in [0.717, 1.165) is 22.3 Å². The van der Waals surface area contributed by atoms with Gasteiger partial charge in [0.2, 0.25) is 5.91 Å². The Morgan fingerprint density at radius 2 is 2.09 bits per heavy atom. The lowest BCUT2D eigenvalue weighted by Crippen LogP contribution is -2.40. The lowest BCUT2D eigenvalue weighted by Gasteiger charge is -2.25. The zero-order chi connectivity index (χ0) is 16.3. The first kappa shape index (κ1) is 16.2. The highest BCUT2D eigenvalue weighted by Crippen LogP contribution is 2.27. The topological polar surface area (TPSA) is 45.2 Å². The molecule has 0 fully saturated rings. The SMILES string of the molecule is CCN(CC(=O)NC(C)C)c1cc(C)nc2ccc(F)cc12. The fourth-order valence-electron chi connectivity index (χ4n) is 2.48. The third kappa shape index (κ3) is 3.72. The standard InChI is InChI=1S/C17H22FN3O/c1-5-21(10-17(22)19-11(2)3)16-8-12(4)20-15-7-6-13(18)9-14(15)16/h6-9,11H,5,10H2,1-4H3,(H,19,22). The molecule has 0 aliphatic rings. The van der Waals surface area contributed by atoms with Gasteiger partial charge in [-0.05, 0) is 52.0 Å². The molecule has 4 nitrogen and oxygen atoms in total. The Balaban J connectivity index is 2.41. The smallest absolute Gasteiger partial charge is 0.239 e. The van der Waals surface area contributed by atoms with E-state index in [1.807, 2.05) is 38.7 Å². The van der Waals surface area contributed by atoms with Gasteiger partial charge in [-0.15, -0.1) is 0 Å². The number of pyridine rings is 1. The summed E-state index contributed by atoms with van der Waals surface area (Å²) in [7, 11) is 0. The number of fused-ring (bicyclic) bond motifs is 1. The van der Waals surface area contributed by atoms with E-state index in [4.69, 9.17) is 0 Å².